The van der Waals surface area contributed by atoms with Crippen LogP contribution in [0.1, 0.15) is 38.7 Å². The number of hydrogen-bond acceptors (Lipinski definition) is 4. The fraction of sp³-hybridized carbons (Fsp3) is 0.259. The van der Waals surface area contributed by atoms with Gasteiger partial charge in [0.05, 0.1) is 12.7 Å². The molecule has 0 saturated carbocycles. The summed E-state index contributed by atoms with van der Waals surface area (Å²) in [6, 6.07) is 19.9. The smallest absolute Gasteiger partial charge is 0.123 e. The van der Waals surface area contributed by atoms with Crippen molar-refractivity contribution in [3.8, 4) is 33.1 Å². The number of phenolic OH excluding ortho intramolecular Hbond substituents is 1. The van der Waals surface area contributed by atoms with E-state index in [0.29, 0.717) is 17.6 Å². The number of aromatic hydroxyl groups is 1. The molecule has 0 aliphatic carbocycles. The maximum Gasteiger partial charge on any atom is 0.123 e. The fourth-order valence-corrected chi connectivity index (χ4v) is 5.00. The van der Waals surface area contributed by atoms with Crippen molar-refractivity contribution in [2.45, 2.75) is 38.7 Å². The van der Waals surface area contributed by atoms with Crippen molar-refractivity contribution >= 4 is 22.1 Å². The summed E-state index contributed by atoms with van der Waals surface area (Å²) in [6.07, 6.45) is 2.52. The topological polar surface area (TPSA) is 49.7 Å². The van der Waals surface area contributed by atoms with E-state index in [4.69, 9.17) is 4.74 Å². The lowest BCUT2D eigenvalue weighted by atomic mass is 9.81. The van der Waals surface area contributed by atoms with Crippen LogP contribution in [0, 0.1) is 0 Å². The van der Waals surface area contributed by atoms with Gasteiger partial charge in [0.1, 0.15) is 11.5 Å². The first-order valence-electron chi connectivity index (χ1n) is 10.7. The highest BCUT2D eigenvalue weighted by molar-refractivity contribution is 7.13. The second-order valence-electron chi connectivity index (χ2n) is 8.13. The molecule has 4 rings (SSSR count). The quantitative estimate of drug-likeness (QED) is 0.321. The summed E-state index contributed by atoms with van der Waals surface area (Å²) in [7, 11) is 1.62. The van der Waals surface area contributed by atoms with Gasteiger partial charge in [-0.15, -0.1) is 11.3 Å². The van der Waals surface area contributed by atoms with E-state index in [1.54, 1.807) is 24.5 Å². The molecule has 0 bridgehead atoms. The van der Waals surface area contributed by atoms with Gasteiger partial charge in [0.15, 0.2) is 0 Å². The molecule has 3 aromatic carbocycles. The molecular formula is C27H28O3S. The summed E-state index contributed by atoms with van der Waals surface area (Å²) in [4.78, 5) is 1.17. The second-order valence-corrected chi connectivity index (χ2v) is 9.08. The SMILES string of the molecule is CCCCC(C)(O)c1cc(O)c2cc(OC)ccc2c1-c1ccccc1-c1cccs1. The molecule has 0 aliphatic rings. The van der Waals surface area contributed by atoms with Gasteiger partial charge in [-0.1, -0.05) is 50.1 Å². The van der Waals surface area contributed by atoms with Crippen LogP contribution in [0.3, 0.4) is 0 Å². The van der Waals surface area contributed by atoms with E-state index < -0.39 is 5.60 Å². The summed E-state index contributed by atoms with van der Waals surface area (Å²) in [5.74, 6) is 0.837. The van der Waals surface area contributed by atoms with E-state index in [9.17, 15) is 10.2 Å². The van der Waals surface area contributed by atoms with Crippen LogP contribution in [-0.4, -0.2) is 17.3 Å². The van der Waals surface area contributed by atoms with E-state index >= 15 is 0 Å². The van der Waals surface area contributed by atoms with Crippen LogP contribution in [-0.2, 0) is 5.60 Å². The second kappa shape index (κ2) is 8.74. The molecule has 1 unspecified atom stereocenters. The van der Waals surface area contributed by atoms with Crippen LogP contribution in [0.2, 0.25) is 0 Å². The molecular weight excluding hydrogens is 404 g/mol. The number of ether oxygens (including phenoxy) is 1. The van der Waals surface area contributed by atoms with Gasteiger partial charge in [-0.25, -0.2) is 0 Å². The third-order valence-electron chi connectivity index (χ3n) is 5.90. The first-order valence-corrected chi connectivity index (χ1v) is 11.5. The zero-order chi connectivity index (χ0) is 22.0. The average Bonchev–Trinajstić information content (AvgIpc) is 3.32. The Morgan fingerprint density at radius 3 is 2.42 bits per heavy atom. The molecule has 31 heavy (non-hydrogen) atoms. The summed E-state index contributed by atoms with van der Waals surface area (Å²) >= 11 is 1.69. The Morgan fingerprint density at radius 2 is 1.74 bits per heavy atom. The van der Waals surface area contributed by atoms with E-state index in [-0.39, 0.29) is 5.75 Å². The van der Waals surface area contributed by atoms with Gasteiger partial charge in [0.25, 0.3) is 0 Å². The third kappa shape index (κ3) is 4.06. The predicted molar refractivity (Wildman–Crippen MR) is 130 cm³/mol. The molecule has 1 heterocycles. The van der Waals surface area contributed by atoms with Crippen molar-refractivity contribution in [2.24, 2.45) is 0 Å². The number of fused-ring (bicyclic) bond motifs is 1. The average molecular weight is 433 g/mol. The highest BCUT2D eigenvalue weighted by atomic mass is 32.1. The number of benzene rings is 3. The minimum atomic E-state index is -1.07. The van der Waals surface area contributed by atoms with E-state index in [1.165, 1.54) is 4.88 Å². The summed E-state index contributed by atoms with van der Waals surface area (Å²) in [5.41, 5.74) is 2.81. The minimum Gasteiger partial charge on any atom is -0.507 e. The highest BCUT2D eigenvalue weighted by Gasteiger charge is 2.29. The van der Waals surface area contributed by atoms with Gasteiger partial charge in [-0.05, 0) is 76.7 Å². The molecule has 0 aliphatic heterocycles. The van der Waals surface area contributed by atoms with Gasteiger partial charge in [0.2, 0.25) is 0 Å². The van der Waals surface area contributed by atoms with Crippen LogP contribution in [0.5, 0.6) is 11.5 Å². The van der Waals surface area contributed by atoms with Crippen molar-refractivity contribution in [1.29, 1.82) is 0 Å². The van der Waals surface area contributed by atoms with E-state index in [0.717, 1.165) is 40.5 Å². The molecule has 160 valence electrons. The number of rotatable bonds is 7. The molecule has 0 spiro atoms. The first kappa shape index (κ1) is 21.4. The zero-order valence-corrected chi connectivity index (χ0v) is 19.0. The Bertz CT molecular complexity index is 1190. The maximum atomic E-state index is 11.5. The van der Waals surface area contributed by atoms with Crippen LogP contribution >= 0.6 is 11.3 Å². The number of phenols is 1. The standard InChI is InChI=1S/C27H28O3S/c1-4-5-14-27(2,29)23-17-24(28)22-16-18(30-3)12-13-21(22)26(23)20-10-7-6-9-19(20)25-11-8-15-31-25/h6-13,15-17,28-29H,4-5,14H2,1-3H3. The molecule has 4 heteroatoms. The molecule has 2 N–H and O–H groups in total. The van der Waals surface area contributed by atoms with Crippen LogP contribution in [0.4, 0.5) is 0 Å². The van der Waals surface area contributed by atoms with Crippen LogP contribution < -0.4 is 4.74 Å². The van der Waals surface area contributed by atoms with Crippen molar-refractivity contribution < 1.29 is 14.9 Å². The number of thiophene rings is 1. The van der Waals surface area contributed by atoms with Crippen molar-refractivity contribution in [3.05, 3.63) is 71.6 Å². The van der Waals surface area contributed by atoms with E-state index in [1.807, 2.05) is 37.3 Å². The largest absolute Gasteiger partial charge is 0.507 e. The minimum absolute atomic E-state index is 0.151. The molecule has 0 fully saturated rings. The Kier molecular flexibility index (Phi) is 6.03. The van der Waals surface area contributed by atoms with Gasteiger partial charge >= 0.3 is 0 Å². The third-order valence-corrected chi connectivity index (χ3v) is 6.81. The molecule has 0 saturated heterocycles. The molecule has 3 nitrogen and oxygen atoms in total. The Hall–Kier alpha value is -2.82. The number of hydrogen-bond donors (Lipinski definition) is 2. The predicted octanol–water partition coefficient (Wildman–Crippen LogP) is 7.35. The summed E-state index contributed by atoms with van der Waals surface area (Å²) in [6.45, 7) is 3.97. The monoisotopic (exact) mass is 432 g/mol. The lowest BCUT2D eigenvalue weighted by molar-refractivity contribution is 0.0458. The molecule has 0 radical (unpaired) electrons. The number of methoxy groups -OCH3 is 1. The van der Waals surface area contributed by atoms with Gasteiger partial charge in [-0.3, -0.25) is 0 Å². The van der Waals surface area contributed by atoms with Gasteiger partial charge in [-0.2, -0.15) is 0 Å². The van der Waals surface area contributed by atoms with Gasteiger partial charge < -0.3 is 14.9 Å². The van der Waals surface area contributed by atoms with Crippen molar-refractivity contribution in [1.82, 2.24) is 0 Å². The molecule has 1 atom stereocenters. The van der Waals surface area contributed by atoms with Crippen LogP contribution in [0.15, 0.2) is 66.0 Å². The lowest BCUT2D eigenvalue weighted by Crippen LogP contribution is -2.22. The van der Waals surface area contributed by atoms with Crippen LogP contribution in [0.25, 0.3) is 32.3 Å². The van der Waals surface area contributed by atoms with E-state index in [2.05, 4.69) is 36.6 Å². The zero-order valence-electron chi connectivity index (χ0n) is 18.2. The van der Waals surface area contributed by atoms with Crippen molar-refractivity contribution in [2.75, 3.05) is 7.11 Å². The normalized spacial score (nSPS) is 13.3. The summed E-state index contributed by atoms with van der Waals surface area (Å²) < 4.78 is 5.40. The molecule has 0 amide bonds. The van der Waals surface area contributed by atoms with Gasteiger partial charge in [0, 0.05) is 10.3 Å². The molecule has 1 aromatic heterocycles. The Balaban J connectivity index is 2.08. The Labute approximate surface area is 187 Å². The first-order chi connectivity index (χ1) is 15.0. The highest BCUT2D eigenvalue weighted by Crippen LogP contribution is 2.47. The maximum absolute atomic E-state index is 11.5. The Morgan fingerprint density at radius 1 is 0.968 bits per heavy atom. The lowest BCUT2D eigenvalue weighted by Gasteiger charge is -2.29. The number of unbranched alkanes of at least 4 members (excludes halogenated alkanes) is 1. The number of aliphatic hydroxyl groups is 1. The summed E-state index contributed by atoms with van der Waals surface area (Å²) in [5, 5.41) is 26.1. The fourth-order valence-electron chi connectivity index (χ4n) is 4.23. The van der Waals surface area contributed by atoms with Crippen molar-refractivity contribution in [3.63, 3.8) is 0 Å². The molecule has 4 aromatic rings.